The standard InChI is InChI=1S/C12H17O2/c1-5-14-12-7-10(9(2)3)6-11(8-12)13-4/h6-9H,2,5H2,1,3-4H3. The van der Waals surface area contributed by atoms with Gasteiger partial charge in [0.15, 0.2) is 0 Å². The Labute approximate surface area is 85.8 Å². The Balaban J connectivity index is 3.00. The van der Waals surface area contributed by atoms with E-state index >= 15 is 0 Å². The maximum Gasteiger partial charge on any atom is 0.123 e. The first kappa shape index (κ1) is 10.9. The van der Waals surface area contributed by atoms with Gasteiger partial charge in [-0.25, -0.2) is 0 Å². The summed E-state index contributed by atoms with van der Waals surface area (Å²) in [6.45, 7) is 8.65. The van der Waals surface area contributed by atoms with Gasteiger partial charge >= 0.3 is 0 Å². The van der Waals surface area contributed by atoms with Crippen LogP contribution in [-0.4, -0.2) is 13.7 Å². The molecule has 1 radical (unpaired) electrons. The second-order valence-electron chi connectivity index (χ2n) is 3.28. The smallest absolute Gasteiger partial charge is 0.123 e. The lowest BCUT2D eigenvalue weighted by Crippen LogP contribution is -1.96. The Morgan fingerprint density at radius 1 is 1.29 bits per heavy atom. The van der Waals surface area contributed by atoms with E-state index in [-0.39, 0.29) is 5.92 Å². The molecule has 0 aliphatic heterocycles. The monoisotopic (exact) mass is 193 g/mol. The zero-order chi connectivity index (χ0) is 10.6. The normalized spacial score (nSPS) is 10.4. The first-order chi connectivity index (χ1) is 6.67. The van der Waals surface area contributed by atoms with Gasteiger partial charge in [-0.2, -0.15) is 0 Å². The first-order valence-electron chi connectivity index (χ1n) is 4.82. The number of hydrogen-bond donors (Lipinski definition) is 0. The highest BCUT2D eigenvalue weighted by molar-refractivity contribution is 5.40. The minimum absolute atomic E-state index is 0.240. The van der Waals surface area contributed by atoms with E-state index in [1.807, 2.05) is 32.0 Å². The van der Waals surface area contributed by atoms with Gasteiger partial charge in [-0.1, -0.05) is 6.92 Å². The number of rotatable bonds is 4. The van der Waals surface area contributed by atoms with E-state index in [1.165, 1.54) is 0 Å². The zero-order valence-electron chi connectivity index (χ0n) is 9.04. The lowest BCUT2D eigenvalue weighted by Gasteiger charge is -2.11. The van der Waals surface area contributed by atoms with Crippen molar-refractivity contribution in [1.29, 1.82) is 0 Å². The van der Waals surface area contributed by atoms with Crippen molar-refractivity contribution in [2.45, 2.75) is 19.8 Å². The van der Waals surface area contributed by atoms with E-state index in [2.05, 4.69) is 6.92 Å². The molecule has 0 spiro atoms. The fourth-order valence-electron chi connectivity index (χ4n) is 1.25. The summed E-state index contributed by atoms with van der Waals surface area (Å²) in [7, 11) is 1.66. The highest BCUT2D eigenvalue weighted by Gasteiger charge is 2.05. The average molecular weight is 193 g/mol. The van der Waals surface area contributed by atoms with Crippen molar-refractivity contribution in [2.24, 2.45) is 0 Å². The molecule has 1 unspecified atom stereocenters. The quantitative estimate of drug-likeness (QED) is 0.731. The van der Waals surface area contributed by atoms with Crippen LogP contribution >= 0.6 is 0 Å². The fraction of sp³-hybridized carbons (Fsp3) is 0.417. The molecule has 14 heavy (non-hydrogen) atoms. The molecule has 0 bridgehead atoms. The molecule has 0 saturated carbocycles. The lowest BCUT2D eigenvalue weighted by molar-refractivity contribution is 0.335. The molecule has 0 aliphatic rings. The molecule has 2 heteroatoms. The van der Waals surface area contributed by atoms with E-state index in [9.17, 15) is 0 Å². The number of benzene rings is 1. The van der Waals surface area contributed by atoms with E-state index in [1.54, 1.807) is 7.11 Å². The van der Waals surface area contributed by atoms with E-state index in [4.69, 9.17) is 9.47 Å². The molecule has 0 aromatic heterocycles. The molecule has 1 rings (SSSR count). The van der Waals surface area contributed by atoms with Crippen LogP contribution < -0.4 is 9.47 Å². The molecule has 0 heterocycles. The molecule has 0 saturated heterocycles. The van der Waals surface area contributed by atoms with Crippen LogP contribution in [0.1, 0.15) is 25.3 Å². The molecule has 0 amide bonds. The summed E-state index contributed by atoms with van der Waals surface area (Å²) in [5.41, 5.74) is 1.13. The molecule has 1 aromatic rings. The van der Waals surface area contributed by atoms with Crippen LogP contribution in [0.25, 0.3) is 0 Å². The fourth-order valence-corrected chi connectivity index (χ4v) is 1.25. The van der Waals surface area contributed by atoms with Crippen molar-refractivity contribution in [3.63, 3.8) is 0 Å². The number of ether oxygens (including phenoxy) is 2. The minimum atomic E-state index is 0.240. The van der Waals surface area contributed by atoms with Crippen LogP contribution in [0.4, 0.5) is 0 Å². The second kappa shape index (κ2) is 4.89. The third kappa shape index (κ3) is 2.66. The maximum atomic E-state index is 5.43. The summed E-state index contributed by atoms with van der Waals surface area (Å²) in [5, 5.41) is 0. The highest BCUT2D eigenvalue weighted by atomic mass is 16.5. The van der Waals surface area contributed by atoms with Gasteiger partial charge in [-0.3, -0.25) is 0 Å². The van der Waals surface area contributed by atoms with Gasteiger partial charge in [-0.15, -0.1) is 0 Å². The summed E-state index contributed by atoms with van der Waals surface area (Å²) in [5.74, 6) is 1.91. The van der Waals surface area contributed by atoms with E-state index in [0.29, 0.717) is 6.61 Å². The van der Waals surface area contributed by atoms with Crippen LogP contribution in [0.2, 0.25) is 0 Å². The van der Waals surface area contributed by atoms with Crippen molar-refractivity contribution in [3.8, 4) is 11.5 Å². The van der Waals surface area contributed by atoms with Gasteiger partial charge in [0.1, 0.15) is 11.5 Å². The number of hydrogen-bond acceptors (Lipinski definition) is 2. The van der Waals surface area contributed by atoms with Gasteiger partial charge in [0.2, 0.25) is 0 Å². The molecule has 1 aromatic carbocycles. The van der Waals surface area contributed by atoms with Crippen molar-refractivity contribution in [2.75, 3.05) is 13.7 Å². The maximum absolute atomic E-state index is 5.43. The van der Waals surface area contributed by atoms with E-state index in [0.717, 1.165) is 17.1 Å². The Hall–Kier alpha value is -1.18. The van der Waals surface area contributed by atoms with Gasteiger partial charge in [0.05, 0.1) is 13.7 Å². The summed E-state index contributed by atoms with van der Waals surface area (Å²) >= 11 is 0. The van der Waals surface area contributed by atoms with Gasteiger partial charge < -0.3 is 9.47 Å². The molecule has 0 N–H and O–H groups in total. The summed E-state index contributed by atoms with van der Waals surface area (Å²) < 4.78 is 10.6. The van der Waals surface area contributed by atoms with Gasteiger partial charge in [-0.05, 0) is 37.5 Å². The van der Waals surface area contributed by atoms with Crippen molar-refractivity contribution >= 4 is 0 Å². The van der Waals surface area contributed by atoms with Gasteiger partial charge in [0.25, 0.3) is 0 Å². The molecule has 1 atom stereocenters. The predicted molar refractivity (Wildman–Crippen MR) is 57.9 cm³/mol. The molecular weight excluding hydrogens is 176 g/mol. The Kier molecular flexibility index (Phi) is 3.81. The van der Waals surface area contributed by atoms with Crippen LogP contribution in [-0.2, 0) is 0 Å². The summed E-state index contributed by atoms with van der Waals surface area (Å²) in [6.07, 6.45) is 0. The third-order valence-corrected chi connectivity index (χ3v) is 2.02. The van der Waals surface area contributed by atoms with Crippen LogP contribution in [0.5, 0.6) is 11.5 Å². The molecular formula is C12H17O2. The minimum Gasteiger partial charge on any atom is -0.497 e. The second-order valence-corrected chi connectivity index (χ2v) is 3.28. The van der Waals surface area contributed by atoms with Gasteiger partial charge in [0, 0.05) is 6.07 Å². The highest BCUT2D eigenvalue weighted by Crippen LogP contribution is 2.26. The van der Waals surface area contributed by atoms with Crippen molar-refractivity contribution in [1.82, 2.24) is 0 Å². The van der Waals surface area contributed by atoms with Crippen LogP contribution in [0.3, 0.4) is 0 Å². The largest absolute Gasteiger partial charge is 0.497 e. The predicted octanol–water partition coefficient (Wildman–Crippen LogP) is 3.03. The molecule has 0 fully saturated rings. The van der Waals surface area contributed by atoms with Crippen LogP contribution in [0.15, 0.2) is 18.2 Å². The lowest BCUT2D eigenvalue weighted by atomic mass is 10.0. The Bertz CT molecular complexity index is 292. The average Bonchev–Trinajstić information content (AvgIpc) is 2.17. The molecule has 77 valence electrons. The Morgan fingerprint density at radius 2 is 1.93 bits per heavy atom. The Morgan fingerprint density at radius 3 is 2.43 bits per heavy atom. The first-order valence-corrected chi connectivity index (χ1v) is 4.82. The molecule has 2 nitrogen and oxygen atoms in total. The SMILES string of the molecule is [CH2]C(C)c1cc(OC)cc(OCC)c1. The van der Waals surface area contributed by atoms with E-state index < -0.39 is 0 Å². The molecule has 0 aliphatic carbocycles. The van der Waals surface area contributed by atoms with Crippen molar-refractivity contribution in [3.05, 3.63) is 30.7 Å². The topological polar surface area (TPSA) is 18.5 Å². The van der Waals surface area contributed by atoms with Crippen molar-refractivity contribution < 1.29 is 9.47 Å². The number of methoxy groups -OCH3 is 1. The van der Waals surface area contributed by atoms with Crippen LogP contribution in [0, 0.1) is 6.92 Å². The summed E-state index contributed by atoms with van der Waals surface area (Å²) in [6, 6.07) is 5.87. The zero-order valence-corrected chi connectivity index (χ0v) is 9.04. The summed E-state index contributed by atoms with van der Waals surface area (Å²) in [4.78, 5) is 0. The third-order valence-electron chi connectivity index (χ3n) is 2.02.